The summed E-state index contributed by atoms with van der Waals surface area (Å²) in [5.41, 5.74) is 0.741. The molecule has 0 aromatic heterocycles. The molecule has 0 radical (unpaired) electrons. The highest BCUT2D eigenvalue weighted by molar-refractivity contribution is 7.89. The molecular formula is C21H30N2O5S. The number of sulfonamides is 1. The maximum absolute atomic E-state index is 12.9. The number of benzene rings is 1. The summed E-state index contributed by atoms with van der Waals surface area (Å²) >= 11 is 0. The van der Waals surface area contributed by atoms with Gasteiger partial charge in [0, 0.05) is 25.6 Å². The van der Waals surface area contributed by atoms with Crippen molar-refractivity contribution < 1.29 is 22.7 Å². The van der Waals surface area contributed by atoms with Gasteiger partial charge in [-0.15, -0.1) is 0 Å². The number of nitrogens with zero attached hydrogens (tertiary/aromatic N) is 1. The van der Waals surface area contributed by atoms with Gasteiger partial charge in [-0.2, -0.15) is 4.31 Å². The maximum atomic E-state index is 12.9. The standard InChI is InChI=1S/C21H30N2O5S/c1-27-20-6-5-18(29(25,26)23-8-10-28-11-9-23)14-17(20)4-7-21(24)22-19-13-15-2-3-16(19)12-15/h5-6,14-16,19H,2-4,7-13H2,1H3,(H,22,24)/t15-,16+,19+/m0/s1. The Kier molecular flexibility index (Phi) is 6.13. The molecule has 3 fully saturated rings. The van der Waals surface area contributed by atoms with Gasteiger partial charge in [-0.3, -0.25) is 4.79 Å². The predicted molar refractivity (Wildman–Crippen MR) is 108 cm³/mol. The van der Waals surface area contributed by atoms with Gasteiger partial charge in [0.25, 0.3) is 0 Å². The number of aryl methyl sites for hydroxylation is 1. The highest BCUT2D eigenvalue weighted by atomic mass is 32.2. The number of hydrogen-bond donors (Lipinski definition) is 1. The fourth-order valence-corrected chi connectivity index (χ4v) is 6.45. The van der Waals surface area contributed by atoms with Gasteiger partial charge in [-0.1, -0.05) is 6.42 Å². The third-order valence-electron chi connectivity index (χ3n) is 6.57. The van der Waals surface area contributed by atoms with Crippen LogP contribution in [0.2, 0.25) is 0 Å². The van der Waals surface area contributed by atoms with Crippen molar-refractivity contribution in [2.24, 2.45) is 11.8 Å². The van der Waals surface area contributed by atoms with Gasteiger partial charge in [0.1, 0.15) is 5.75 Å². The van der Waals surface area contributed by atoms with Crippen LogP contribution in [-0.2, 0) is 26.0 Å². The first-order valence-electron chi connectivity index (χ1n) is 10.5. The van der Waals surface area contributed by atoms with Crippen LogP contribution in [0.25, 0.3) is 0 Å². The van der Waals surface area contributed by atoms with Gasteiger partial charge in [-0.25, -0.2) is 8.42 Å². The molecular weight excluding hydrogens is 392 g/mol. The van der Waals surface area contributed by atoms with Gasteiger partial charge in [-0.05, 0) is 61.3 Å². The summed E-state index contributed by atoms with van der Waals surface area (Å²) in [5.74, 6) is 2.07. The molecule has 29 heavy (non-hydrogen) atoms. The maximum Gasteiger partial charge on any atom is 0.243 e. The van der Waals surface area contributed by atoms with Crippen molar-refractivity contribution in [2.75, 3.05) is 33.4 Å². The molecule has 1 aliphatic heterocycles. The third-order valence-corrected chi connectivity index (χ3v) is 8.46. The van der Waals surface area contributed by atoms with E-state index in [2.05, 4.69) is 5.32 Å². The van der Waals surface area contributed by atoms with E-state index in [9.17, 15) is 13.2 Å². The van der Waals surface area contributed by atoms with Crippen LogP contribution in [0.15, 0.2) is 23.1 Å². The van der Waals surface area contributed by atoms with Crippen molar-refractivity contribution in [1.82, 2.24) is 9.62 Å². The van der Waals surface area contributed by atoms with Crippen molar-refractivity contribution in [3.63, 3.8) is 0 Å². The summed E-state index contributed by atoms with van der Waals surface area (Å²) in [6.45, 7) is 1.53. The minimum atomic E-state index is -3.58. The zero-order valence-electron chi connectivity index (χ0n) is 16.9. The summed E-state index contributed by atoms with van der Waals surface area (Å²) in [4.78, 5) is 12.7. The Balaban J connectivity index is 1.42. The number of fused-ring (bicyclic) bond motifs is 2. The molecule has 0 unspecified atom stereocenters. The molecule has 1 amide bonds. The lowest BCUT2D eigenvalue weighted by Gasteiger charge is -2.26. The summed E-state index contributed by atoms with van der Waals surface area (Å²) in [7, 11) is -2.02. The Morgan fingerprint density at radius 2 is 2.03 bits per heavy atom. The molecule has 1 N–H and O–H groups in total. The first kappa shape index (κ1) is 20.6. The lowest BCUT2D eigenvalue weighted by molar-refractivity contribution is -0.122. The van der Waals surface area contributed by atoms with Gasteiger partial charge < -0.3 is 14.8 Å². The molecule has 3 atom stereocenters. The average Bonchev–Trinajstić information content (AvgIpc) is 3.36. The van der Waals surface area contributed by atoms with E-state index in [4.69, 9.17) is 9.47 Å². The van der Waals surface area contributed by atoms with Crippen LogP contribution in [0.3, 0.4) is 0 Å². The second-order valence-corrected chi connectivity index (χ2v) is 10.3. The Labute approximate surface area is 172 Å². The van der Waals surface area contributed by atoms with Crippen LogP contribution in [0.1, 0.15) is 37.7 Å². The van der Waals surface area contributed by atoms with E-state index >= 15 is 0 Å². The molecule has 2 saturated carbocycles. The average molecular weight is 423 g/mol. The lowest BCUT2D eigenvalue weighted by atomic mass is 9.95. The van der Waals surface area contributed by atoms with Crippen molar-refractivity contribution in [1.29, 1.82) is 0 Å². The molecule has 8 heteroatoms. The number of carbonyl (C=O) groups excluding carboxylic acids is 1. The Bertz CT molecular complexity index is 851. The molecule has 0 spiro atoms. The van der Waals surface area contributed by atoms with Gasteiger partial charge in [0.05, 0.1) is 25.2 Å². The molecule has 2 aliphatic carbocycles. The van der Waals surface area contributed by atoms with E-state index in [-0.39, 0.29) is 10.8 Å². The van der Waals surface area contributed by atoms with Crippen LogP contribution in [0, 0.1) is 11.8 Å². The summed E-state index contributed by atoms with van der Waals surface area (Å²) in [5, 5.41) is 3.19. The number of morpholine rings is 1. The summed E-state index contributed by atoms with van der Waals surface area (Å²) in [6.07, 6.45) is 5.66. The lowest BCUT2D eigenvalue weighted by Crippen LogP contribution is -2.40. The number of ether oxygens (including phenoxy) is 2. The van der Waals surface area contributed by atoms with Crippen molar-refractivity contribution >= 4 is 15.9 Å². The minimum Gasteiger partial charge on any atom is -0.496 e. The summed E-state index contributed by atoms with van der Waals surface area (Å²) < 4.78 is 38.0. The van der Waals surface area contributed by atoms with Gasteiger partial charge >= 0.3 is 0 Å². The number of hydrogen-bond acceptors (Lipinski definition) is 5. The summed E-state index contributed by atoms with van der Waals surface area (Å²) in [6, 6.07) is 5.21. The molecule has 160 valence electrons. The van der Waals surface area contributed by atoms with Gasteiger partial charge in [0.15, 0.2) is 0 Å². The van der Waals surface area contributed by atoms with Crippen LogP contribution in [0.5, 0.6) is 5.75 Å². The zero-order chi connectivity index (χ0) is 20.4. The molecule has 1 aromatic rings. The molecule has 1 heterocycles. The number of carbonyl (C=O) groups is 1. The quantitative estimate of drug-likeness (QED) is 0.726. The highest BCUT2D eigenvalue weighted by Gasteiger charge is 2.40. The number of nitrogens with one attached hydrogen (secondary N) is 1. The largest absolute Gasteiger partial charge is 0.496 e. The van der Waals surface area contributed by atoms with E-state index in [1.165, 1.54) is 23.6 Å². The van der Waals surface area contributed by atoms with Crippen LogP contribution in [-0.4, -0.2) is 58.1 Å². The molecule has 7 nitrogen and oxygen atoms in total. The fourth-order valence-electron chi connectivity index (χ4n) is 5.00. The Morgan fingerprint density at radius 3 is 2.69 bits per heavy atom. The SMILES string of the molecule is COc1ccc(S(=O)(=O)N2CCOCC2)cc1CCC(=O)N[C@@H]1C[C@H]2CC[C@@H]1C2. The van der Waals surface area contributed by atoms with Crippen LogP contribution >= 0.6 is 0 Å². The molecule has 3 aliphatic rings. The highest BCUT2D eigenvalue weighted by Crippen LogP contribution is 2.44. The molecule has 1 aromatic carbocycles. The first-order valence-corrected chi connectivity index (χ1v) is 12.0. The topological polar surface area (TPSA) is 84.9 Å². The number of rotatable bonds is 7. The fraction of sp³-hybridized carbons (Fsp3) is 0.667. The van der Waals surface area contributed by atoms with Crippen molar-refractivity contribution in [2.45, 2.75) is 49.5 Å². The minimum absolute atomic E-state index is 0.0334. The van der Waals surface area contributed by atoms with E-state index in [0.29, 0.717) is 56.9 Å². The van der Waals surface area contributed by atoms with Crippen LogP contribution < -0.4 is 10.1 Å². The molecule has 2 bridgehead atoms. The Hall–Kier alpha value is -1.64. The first-order chi connectivity index (χ1) is 14.0. The molecule has 1 saturated heterocycles. The number of methoxy groups -OCH3 is 1. The van der Waals surface area contributed by atoms with E-state index < -0.39 is 10.0 Å². The predicted octanol–water partition coefficient (Wildman–Crippen LogP) is 1.95. The zero-order valence-corrected chi connectivity index (χ0v) is 17.7. The van der Waals surface area contributed by atoms with E-state index in [1.807, 2.05) is 0 Å². The second-order valence-electron chi connectivity index (χ2n) is 8.34. The van der Waals surface area contributed by atoms with E-state index in [1.54, 1.807) is 25.3 Å². The van der Waals surface area contributed by atoms with Gasteiger partial charge in [0.2, 0.25) is 15.9 Å². The Morgan fingerprint density at radius 1 is 1.24 bits per heavy atom. The third kappa shape index (κ3) is 4.44. The van der Waals surface area contributed by atoms with Crippen molar-refractivity contribution in [3.8, 4) is 5.75 Å². The second kappa shape index (κ2) is 8.62. The van der Waals surface area contributed by atoms with Crippen molar-refractivity contribution in [3.05, 3.63) is 23.8 Å². The molecule has 4 rings (SSSR count). The number of amides is 1. The van der Waals surface area contributed by atoms with E-state index in [0.717, 1.165) is 17.9 Å². The monoisotopic (exact) mass is 422 g/mol. The smallest absolute Gasteiger partial charge is 0.243 e. The van der Waals surface area contributed by atoms with Crippen LogP contribution in [0.4, 0.5) is 0 Å². The normalized spacial score (nSPS) is 27.1.